The van der Waals surface area contributed by atoms with Gasteiger partial charge in [0.2, 0.25) is 0 Å². The van der Waals surface area contributed by atoms with Gasteiger partial charge in [-0.05, 0) is 49.4 Å². The molecule has 86 heavy (non-hydrogen) atoms. The molecule has 7 atom stereocenters. The van der Waals surface area contributed by atoms with Gasteiger partial charge >= 0.3 is 39.5 Å². The number of unbranched alkanes of at least 4 members (excludes halogenated alkanes) is 28. The quantitative estimate of drug-likeness (QED) is 0.0222. The predicted octanol–water partition coefficient (Wildman–Crippen LogP) is 18.5. The van der Waals surface area contributed by atoms with Crippen LogP contribution in [0.2, 0.25) is 0 Å². The van der Waals surface area contributed by atoms with Crippen LogP contribution < -0.4 is 0 Å². The van der Waals surface area contributed by atoms with Gasteiger partial charge < -0.3 is 33.8 Å². The topological polar surface area (TPSA) is 237 Å². The van der Waals surface area contributed by atoms with E-state index in [1.165, 1.54) is 116 Å². The van der Waals surface area contributed by atoms with Crippen molar-refractivity contribution in [3.05, 3.63) is 0 Å². The molecule has 17 nitrogen and oxygen atoms in total. The van der Waals surface area contributed by atoms with Crippen LogP contribution in [0.1, 0.15) is 325 Å². The minimum Gasteiger partial charge on any atom is -0.462 e. The average Bonchev–Trinajstić information content (AvgIpc) is 3.67. The van der Waals surface area contributed by atoms with Crippen LogP contribution in [0, 0.1) is 23.7 Å². The number of hydrogen-bond donors (Lipinski definition) is 3. The number of aliphatic hydroxyl groups is 1. The molecule has 3 N–H and O–H groups in total. The fraction of sp³-hybridized carbons (Fsp3) is 0.940. The summed E-state index contributed by atoms with van der Waals surface area (Å²) in [6.07, 6.45) is 37.6. The Morgan fingerprint density at radius 3 is 0.826 bits per heavy atom. The van der Waals surface area contributed by atoms with Crippen molar-refractivity contribution in [2.45, 2.75) is 343 Å². The highest BCUT2D eigenvalue weighted by molar-refractivity contribution is 7.47. The first-order valence-corrected chi connectivity index (χ1v) is 37.8. The molecule has 0 rings (SSSR count). The van der Waals surface area contributed by atoms with Gasteiger partial charge in [0.05, 0.1) is 26.4 Å². The summed E-state index contributed by atoms with van der Waals surface area (Å²) in [7, 11) is -9.90. The molecule has 0 radical (unpaired) electrons. The lowest BCUT2D eigenvalue weighted by molar-refractivity contribution is -0.161. The van der Waals surface area contributed by atoms with Crippen LogP contribution in [0.25, 0.3) is 0 Å². The van der Waals surface area contributed by atoms with Gasteiger partial charge in [-0.3, -0.25) is 37.3 Å². The molecular weight excluding hydrogens is 1140 g/mol. The zero-order chi connectivity index (χ0) is 63.9. The number of carbonyl (C=O) groups is 4. The average molecular weight is 1270 g/mol. The maximum atomic E-state index is 13.0. The zero-order valence-corrected chi connectivity index (χ0v) is 57.7. The molecule has 19 heteroatoms. The Morgan fingerprint density at radius 2 is 0.558 bits per heavy atom. The number of phosphoric acid groups is 2. The lowest BCUT2D eigenvalue weighted by Crippen LogP contribution is -2.30. The Balaban J connectivity index is 5.27. The van der Waals surface area contributed by atoms with Crippen LogP contribution in [0.15, 0.2) is 0 Å². The van der Waals surface area contributed by atoms with E-state index in [0.29, 0.717) is 31.6 Å². The van der Waals surface area contributed by atoms with Crippen LogP contribution in [0.3, 0.4) is 0 Å². The Bertz CT molecular complexity index is 1720. The summed E-state index contributed by atoms with van der Waals surface area (Å²) in [5.74, 6) is 0.834. The van der Waals surface area contributed by atoms with Crippen molar-refractivity contribution >= 4 is 39.5 Å². The van der Waals surface area contributed by atoms with Crippen molar-refractivity contribution in [1.82, 2.24) is 0 Å². The summed E-state index contributed by atoms with van der Waals surface area (Å²) >= 11 is 0. The van der Waals surface area contributed by atoms with Gasteiger partial charge in [-0.25, -0.2) is 9.13 Å². The van der Waals surface area contributed by atoms with E-state index >= 15 is 0 Å². The van der Waals surface area contributed by atoms with Gasteiger partial charge in [-0.15, -0.1) is 0 Å². The van der Waals surface area contributed by atoms with Gasteiger partial charge in [0.1, 0.15) is 19.3 Å². The molecule has 510 valence electrons. The summed E-state index contributed by atoms with van der Waals surface area (Å²) < 4.78 is 68.1. The minimum atomic E-state index is -4.95. The second kappa shape index (κ2) is 57.0. The molecule has 0 spiro atoms. The second-order valence-corrected chi connectivity index (χ2v) is 28.6. The number of carbonyl (C=O) groups excluding carboxylic acids is 4. The Labute approximate surface area is 524 Å². The molecule has 0 aliphatic carbocycles. The molecule has 0 fully saturated rings. The third kappa shape index (κ3) is 58.4. The highest BCUT2D eigenvalue weighted by Gasteiger charge is 2.30. The standard InChI is InChI=1S/C67H130O17P2/c1-9-59(7)45-37-29-21-16-17-23-34-42-50-67(72)84-63(54-78-65(70)48-40-32-26-25-30-38-46-60(8)10-2)56-82-86(75,76)80-52-61(68)51-79-85(73,74)81-55-62(53-77-64(69)47-39-31-24-18-20-28-36-44-58(5)6)83-66(71)49-41-33-22-15-13-11-12-14-19-27-35-43-57(3)4/h57-63,68H,9-56H2,1-8H3,(H,73,74)(H,75,76)/t59?,60?,61-,62-,63-/m1/s1. The van der Waals surface area contributed by atoms with Gasteiger partial charge in [-0.2, -0.15) is 0 Å². The van der Waals surface area contributed by atoms with E-state index in [2.05, 4.69) is 55.4 Å². The lowest BCUT2D eigenvalue weighted by atomic mass is 9.99. The van der Waals surface area contributed by atoms with Crippen molar-refractivity contribution in [2.75, 3.05) is 39.6 Å². The number of phosphoric ester groups is 2. The highest BCUT2D eigenvalue weighted by Crippen LogP contribution is 2.45. The first kappa shape index (κ1) is 84.1. The van der Waals surface area contributed by atoms with Crippen LogP contribution in [-0.4, -0.2) is 96.7 Å². The number of ether oxygens (including phenoxy) is 4. The molecule has 0 aromatic carbocycles. The maximum absolute atomic E-state index is 13.0. The van der Waals surface area contributed by atoms with E-state index in [1.54, 1.807) is 0 Å². The van der Waals surface area contributed by atoms with Crippen LogP contribution >= 0.6 is 15.6 Å². The van der Waals surface area contributed by atoms with Crippen molar-refractivity contribution in [1.29, 1.82) is 0 Å². The number of rotatable bonds is 64. The highest BCUT2D eigenvalue weighted by atomic mass is 31.2. The van der Waals surface area contributed by atoms with Gasteiger partial charge in [0.15, 0.2) is 12.2 Å². The fourth-order valence-electron chi connectivity index (χ4n) is 9.89. The SMILES string of the molecule is CCC(C)CCCCCCCCCCC(=O)O[C@H](COC(=O)CCCCCCCCC(C)CC)COP(=O)(O)OC[C@H](O)COP(=O)(O)OC[C@@H](COC(=O)CCCCCCCCCC(C)C)OC(=O)CCCCCCCCCCCCCC(C)C. The normalized spacial score (nSPS) is 15.0. The van der Waals surface area contributed by atoms with Crippen LogP contribution in [0.5, 0.6) is 0 Å². The van der Waals surface area contributed by atoms with Crippen molar-refractivity contribution in [3.63, 3.8) is 0 Å². The molecule has 0 bridgehead atoms. The number of hydrogen-bond acceptors (Lipinski definition) is 15. The maximum Gasteiger partial charge on any atom is 0.472 e. The smallest absolute Gasteiger partial charge is 0.462 e. The molecule has 0 heterocycles. The van der Waals surface area contributed by atoms with Gasteiger partial charge in [0.25, 0.3) is 0 Å². The Hall–Kier alpha value is -1.94. The third-order valence-corrected chi connectivity index (χ3v) is 17.9. The summed E-state index contributed by atoms with van der Waals surface area (Å²) in [5.41, 5.74) is 0. The fourth-order valence-corrected chi connectivity index (χ4v) is 11.5. The summed E-state index contributed by atoms with van der Waals surface area (Å²) in [6.45, 7) is 14.0. The monoisotopic (exact) mass is 1270 g/mol. The molecule has 0 aromatic rings. The second-order valence-electron chi connectivity index (χ2n) is 25.6. The summed E-state index contributed by atoms with van der Waals surface area (Å²) in [6, 6.07) is 0. The first-order valence-electron chi connectivity index (χ1n) is 34.8. The molecule has 0 saturated carbocycles. The molecule has 4 unspecified atom stereocenters. The van der Waals surface area contributed by atoms with Crippen molar-refractivity contribution in [2.24, 2.45) is 23.7 Å². The van der Waals surface area contributed by atoms with Crippen molar-refractivity contribution < 1.29 is 80.2 Å². The predicted molar refractivity (Wildman–Crippen MR) is 344 cm³/mol. The van der Waals surface area contributed by atoms with Crippen LogP contribution in [0.4, 0.5) is 0 Å². The van der Waals surface area contributed by atoms with Gasteiger partial charge in [0, 0.05) is 25.7 Å². The zero-order valence-electron chi connectivity index (χ0n) is 55.9. The van der Waals surface area contributed by atoms with E-state index in [0.717, 1.165) is 120 Å². The van der Waals surface area contributed by atoms with E-state index in [-0.39, 0.29) is 25.7 Å². The summed E-state index contributed by atoms with van der Waals surface area (Å²) in [4.78, 5) is 72.4. The van der Waals surface area contributed by atoms with Gasteiger partial charge in [-0.1, -0.05) is 274 Å². The lowest BCUT2D eigenvalue weighted by Gasteiger charge is -2.21. The molecule has 0 amide bonds. The van der Waals surface area contributed by atoms with Crippen LogP contribution in [-0.2, 0) is 65.4 Å². The third-order valence-electron chi connectivity index (χ3n) is 16.0. The van der Waals surface area contributed by atoms with Crippen molar-refractivity contribution in [3.8, 4) is 0 Å². The Kier molecular flexibility index (Phi) is 55.7. The molecular formula is C67H130O17P2. The minimum absolute atomic E-state index is 0.103. The van der Waals surface area contributed by atoms with E-state index < -0.39 is 97.5 Å². The number of aliphatic hydroxyl groups excluding tert-OH is 1. The largest absolute Gasteiger partial charge is 0.472 e. The Morgan fingerprint density at radius 1 is 0.326 bits per heavy atom. The molecule has 0 saturated heterocycles. The van der Waals surface area contributed by atoms with E-state index in [1.807, 2.05) is 0 Å². The number of esters is 4. The summed E-state index contributed by atoms with van der Waals surface area (Å²) in [5, 5.41) is 10.6. The molecule has 0 aliphatic rings. The van der Waals surface area contributed by atoms with E-state index in [4.69, 9.17) is 37.0 Å². The first-order chi connectivity index (χ1) is 41.2. The molecule has 0 aromatic heterocycles. The van der Waals surface area contributed by atoms with E-state index in [9.17, 15) is 43.2 Å². The molecule has 0 aliphatic heterocycles.